The molecule has 0 aromatic heterocycles. The van der Waals surface area contributed by atoms with Crippen molar-refractivity contribution in [1.29, 1.82) is 0 Å². The number of carbonyl (C=O) groups excluding carboxylic acids is 1. The van der Waals surface area contributed by atoms with Crippen LogP contribution in [-0.2, 0) is 9.53 Å². The molecular weight excluding hydrogens is 603 g/mol. The zero-order valence-electron chi connectivity index (χ0n) is 22.7. The lowest BCUT2D eigenvalue weighted by atomic mass is 9.94. The van der Waals surface area contributed by atoms with E-state index in [0.29, 0.717) is 12.8 Å². The highest BCUT2D eigenvalue weighted by Crippen LogP contribution is 2.44. The van der Waals surface area contributed by atoms with E-state index in [0.717, 1.165) is 23.3 Å². The van der Waals surface area contributed by atoms with Crippen LogP contribution in [0.1, 0.15) is 66.1 Å². The minimum absolute atomic E-state index is 0.0335. The zero-order valence-corrected chi connectivity index (χ0v) is 24.2. The fourth-order valence-electron chi connectivity index (χ4n) is 5.75. The van der Waals surface area contributed by atoms with E-state index in [1.807, 2.05) is 0 Å². The normalized spacial score (nSPS) is 22.8. The van der Waals surface area contributed by atoms with Crippen molar-refractivity contribution in [2.75, 3.05) is 26.4 Å². The Bertz CT molecular complexity index is 1330. The van der Waals surface area contributed by atoms with Crippen molar-refractivity contribution in [3.63, 3.8) is 0 Å². The molecule has 1 aliphatic carbocycles. The van der Waals surface area contributed by atoms with Gasteiger partial charge in [-0.05, 0) is 99.0 Å². The second kappa shape index (κ2) is 12.2. The molecule has 3 fully saturated rings. The number of hydrogen-bond acceptors (Lipinski definition) is 5. The number of alkyl halides is 3. The van der Waals surface area contributed by atoms with E-state index in [4.69, 9.17) is 32.7 Å². The number of likely N-dealkylation sites (tertiary alicyclic amines) is 1. The summed E-state index contributed by atoms with van der Waals surface area (Å²) < 4.78 is 69.2. The van der Waals surface area contributed by atoms with Crippen LogP contribution in [0.2, 0.25) is 10.0 Å². The van der Waals surface area contributed by atoms with Gasteiger partial charge < -0.3 is 14.6 Å². The van der Waals surface area contributed by atoms with Crippen LogP contribution in [0.5, 0.6) is 5.75 Å². The minimum Gasteiger partial charge on any atom is -0.490 e. The van der Waals surface area contributed by atoms with Gasteiger partial charge in [0.1, 0.15) is 12.8 Å². The number of nitrogens with zero attached hydrogens (tertiary/aromatic N) is 2. The molecule has 2 aliphatic heterocycles. The number of benzene rings is 2. The Morgan fingerprint density at radius 3 is 2.29 bits per heavy atom. The molecule has 13 heteroatoms. The van der Waals surface area contributed by atoms with E-state index in [9.17, 15) is 27.9 Å². The summed E-state index contributed by atoms with van der Waals surface area (Å²) in [5.41, 5.74) is 0.396. The molecule has 1 N–H and O–H groups in total. The van der Waals surface area contributed by atoms with Crippen molar-refractivity contribution in [2.24, 2.45) is 5.92 Å². The zero-order chi connectivity index (χ0) is 30.3. The predicted molar refractivity (Wildman–Crippen MR) is 146 cm³/mol. The van der Waals surface area contributed by atoms with Crippen LogP contribution < -0.4 is 4.74 Å². The third kappa shape index (κ3) is 6.64. The number of piperidine rings is 1. The maximum Gasteiger partial charge on any atom is 0.408 e. The number of carbonyl (C=O) groups is 2. The highest BCUT2D eigenvalue weighted by molar-refractivity contribution is 6.34. The second-order valence-corrected chi connectivity index (χ2v) is 12.0. The van der Waals surface area contributed by atoms with E-state index in [2.05, 4.69) is 0 Å². The Balaban J connectivity index is 1.28. The molecule has 2 saturated heterocycles. The van der Waals surface area contributed by atoms with Crippen molar-refractivity contribution in [1.82, 2.24) is 9.80 Å². The number of carboxylic acid groups (broad SMARTS) is 1. The first-order valence-electron chi connectivity index (χ1n) is 13.7. The molecule has 3 aliphatic rings. The largest absolute Gasteiger partial charge is 0.490 e. The summed E-state index contributed by atoms with van der Waals surface area (Å²) in [7, 11) is 0. The molecule has 3 atom stereocenters. The van der Waals surface area contributed by atoms with E-state index in [-0.39, 0.29) is 65.2 Å². The van der Waals surface area contributed by atoms with Crippen LogP contribution >= 0.6 is 23.2 Å². The Kier molecular flexibility index (Phi) is 8.95. The number of amides is 1. The maximum absolute atomic E-state index is 15.7. The number of ether oxygens (including phenoxy) is 2. The van der Waals surface area contributed by atoms with Gasteiger partial charge in [0, 0.05) is 10.0 Å². The van der Waals surface area contributed by atoms with Crippen LogP contribution in [0.15, 0.2) is 30.3 Å². The Hall–Kier alpha value is -2.60. The summed E-state index contributed by atoms with van der Waals surface area (Å²) in [6.07, 6.45) is -2.81. The van der Waals surface area contributed by atoms with Gasteiger partial charge in [-0.2, -0.15) is 13.2 Å². The van der Waals surface area contributed by atoms with Gasteiger partial charge in [-0.25, -0.2) is 9.18 Å². The molecule has 0 radical (unpaired) electrons. The Labute approximate surface area is 250 Å². The Morgan fingerprint density at radius 1 is 1.07 bits per heavy atom. The minimum atomic E-state index is -4.55. The van der Waals surface area contributed by atoms with Crippen LogP contribution in [0.4, 0.5) is 17.6 Å². The van der Waals surface area contributed by atoms with E-state index >= 15 is 4.39 Å². The third-order valence-electron chi connectivity index (χ3n) is 8.11. The summed E-state index contributed by atoms with van der Waals surface area (Å²) >= 11 is 11.9. The van der Waals surface area contributed by atoms with E-state index < -0.39 is 42.1 Å². The third-order valence-corrected chi connectivity index (χ3v) is 8.55. The Morgan fingerprint density at radius 2 is 1.71 bits per heavy atom. The predicted octanol–water partition coefficient (Wildman–Crippen LogP) is 6.68. The number of hydrogen-bond donors (Lipinski definition) is 1. The molecule has 0 spiro atoms. The van der Waals surface area contributed by atoms with Gasteiger partial charge in [0.2, 0.25) is 0 Å². The van der Waals surface area contributed by atoms with E-state index in [1.165, 1.54) is 36.1 Å². The maximum atomic E-state index is 15.7. The van der Waals surface area contributed by atoms with Crippen molar-refractivity contribution in [3.8, 4) is 5.75 Å². The van der Waals surface area contributed by atoms with E-state index in [1.54, 1.807) is 6.07 Å². The lowest BCUT2D eigenvalue weighted by molar-refractivity contribution is -0.190. The molecule has 2 aromatic rings. The SMILES string of the molecule is C[C@H]1OCN(C(=O)c2cc(C3CC3)cc(OCC3CCN([C@H](c4cc(Cl)cc(Cl)c4)C(F)(F)F)CC3)c2F)[C@@H]1C(=O)O. The van der Waals surface area contributed by atoms with Crippen molar-refractivity contribution < 1.29 is 41.7 Å². The average molecular weight is 633 g/mol. The number of aliphatic carboxylic acids is 1. The fourth-order valence-corrected chi connectivity index (χ4v) is 6.30. The van der Waals surface area contributed by atoms with Gasteiger partial charge in [0.25, 0.3) is 5.91 Å². The van der Waals surface area contributed by atoms with Gasteiger partial charge in [-0.1, -0.05) is 23.2 Å². The average Bonchev–Trinajstić information content (AvgIpc) is 3.68. The molecule has 2 aromatic carbocycles. The summed E-state index contributed by atoms with van der Waals surface area (Å²) in [5, 5.41) is 9.81. The van der Waals surface area contributed by atoms with Crippen LogP contribution in [0.25, 0.3) is 0 Å². The molecule has 0 unspecified atom stereocenters. The lowest BCUT2D eigenvalue weighted by Gasteiger charge is -2.38. The monoisotopic (exact) mass is 632 g/mol. The fraction of sp³-hybridized carbons (Fsp3) is 0.517. The van der Waals surface area contributed by atoms with Crippen LogP contribution in [-0.4, -0.2) is 71.5 Å². The van der Waals surface area contributed by atoms with Crippen LogP contribution in [0.3, 0.4) is 0 Å². The van der Waals surface area contributed by atoms with Crippen molar-refractivity contribution >= 4 is 35.1 Å². The smallest absolute Gasteiger partial charge is 0.408 e. The standard InChI is InChI=1S/C29H30Cl2F4N2O5/c1-15-25(28(39)40)37(14-42-15)27(38)22-10-18(17-2-3-17)11-23(24(22)32)41-13-16-4-6-36(7-5-16)26(29(33,34)35)19-8-20(30)12-21(31)9-19/h8-12,15-17,25-26H,2-7,13-14H2,1H3,(H,39,40)/t15-,25+,26-/m1/s1. The second-order valence-electron chi connectivity index (χ2n) is 11.2. The van der Waals surface area contributed by atoms with Gasteiger partial charge in [-0.3, -0.25) is 14.6 Å². The molecule has 42 heavy (non-hydrogen) atoms. The molecule has 5 rings (SSSR count). The van der Waals surface area contributed by atoms with Crippen molar-refractivity contribution in [2.45, 2.75) is 62.9 Å². The summed E-state index contributed by atoms with van der Waals surface area (Å²) in [4.78, 5) is 27.4. The van der Waals surface area contributed by atoms with Gasteiger partial charge in [-0.15, -0.1) is 0 Å². The summed E-state index contributed by atoms with van der Waals surface area (Å²) in [5.74, 6) is -3.09. The molecular formula is C29H30Cl2F4N2O5. The highest BCUT2D eigenvalue weighted by atomic mass is 35.5. The number of rotatable bonds is 8. The number of carboxylic acids is 1. The topological polar surface area (TPSA) is 79.3 Å². The first kappa shape index (κ1) is 30.8. The summed E-state index contributed by atoms with van der Waals surface area (Å²) in [6.45, 7) is 1.55. The number of halogens is 6. The van der Waals surface area contributed by atoms with Crippen LogP contribution in [0, 0.1) is 11.7 Å². The molecule has 1 saturated carbocycles. The lowest BCUT2D eigenvalue weighted by Crippen LogP contribution is -2.44. The van der Waals surface area contributed by atoms with Crippen molar-refractivity contribution in [3.05, 3.63) is 62.9 Å². The molecule has 1 amide bonds. The van der Waals surface area contributed by atoms with Gasteiger partial charge in [0.15, 0.2) is 17.6 Å². The molecule has 2 heterocycles. The molecule has 0 bridgehead atoms. The van der Waals surface area contributed by atoms with Gasteiger partial charge >= 0.3 is 12.1 Å². The molecule has 7 nitrogen and oxygen atoms in total. The highest BCUT2D eigenvalue weighted by Gasteiger charge is 2.46. The molecule has 228 valence electrons. The quantitative estimate of drug-likeness (QED) is 0.327. The first-order chi connectivity index (χ1) is 19.8. The van der Waals surface area contributed by atoms with Gasteiger partial charge in [0.05, 0.1) is 18.3 Å². The first-order valence-corrected chi connectivity index (χ1v) is 14.5. The summed E-state index contributed by atoms with van der Waals surface area (Å²) in [6, 6.07) is 3.79.